The molecule has 1 aromatic rings. The highest BCUT2D eigenvalue weighted by Crippen LogP contribution is 2.37. The van der Waals surface area contributed by atoms with E-state index in [1.807, 2.05) is 6.07 Å². The van der Waals surface area contributed by atoms with Crippen molar-refractivity contribution < 1.29 is 14.3 Å². The average molecular weight is 287 g/mol. The summed E-state index contributed by atoms with van der Waals surface area (Å²) in [7, 11) is 4.69. The van der Waals surface area contributed by atoms with Gasteiger partial charge < -0.3 is 20.1 Å². The lowest BCUT2D eigenvalue weighted by atomic mass is 10.2. The Labute approximate surface area is 118 Å². The van der Waals surface area contributed by atoms with E-state index < -0.39 is 0 Å². The quantitative estimate of drug-likeness (QED) is 0.834. The van der Waals surface area contributed by atoms with Crippen LogP contribution in [0.2, 0.25) is 5.02 Å². The summed E-state index contributed by atoms with van der Waals surface area (Å²) in [6, 6.07) is 3.33. The first-order chi connectivity index (χ1) is 9.04. The molecular formula is C13H19ClN2O3. The second kappa shape index (κ2) is 7.21. The highest BCUT2D eigenvalue weighted by molar-refractivity contribution is 6.33. The summed E-state index contributed by atoms with van der Waals surface area (Å²) >= 11 is 6.24. The van der Waals surface area contributed by atoms with E-state index in [4.69, 9.17) is 21.1 Å². The van der Waals surface area contributed by atoms with Crippen molar-refractivity contribution in [1.29, 1.82) is 0 Å². The molecule has 2 N–H and O–H groups in total. The van der Waals surface area contributed by atoms with Crippen LogP contribution in [0.5, 0.6) is 11.5 Å². The monoisotopic (exact) mass is 286 g/mol. The fraction of sp³-hybridized carbons (Fsp3) is 0.462. The minimum atomic E-state index is -0.297. The van der Waals surface area contributed by atoms with Gasteiger partial charge in [-0.25, -0.2) is 0 Å². The van der Waals surface area contributed by atoms with Gasteiger partial charge in [-0.1, -0.05) is 17.7 Å². The van der Waals surface area contributed by atoms with Gasteiger partial charge in [0.2, 0.25) is 5.91 Å². The van der Waals surface area contributed by atoms with Gasteiger partial charge >= 0.3 is 0 Å². The summed E-state index contributed by atoms with van der Waals surface area (Å²) in [4.78, 5) is 11.4. The van der Waals surface area contributed by atoms with E-state index in [-0.39, 0.29) is 11.9 Å². The molecule has 0 radical (unpaired) electrons. The number of hydrogen-bond acceptors (Lipinski definition) is 4. The first kappa shape index (κ1) is 15.6. The second-order valence-electron chi connectivity index (χ2n) is 3.99. The number of likely N-dealkylation sites (N-methyl/N-ethyl adjacent to an activating group) is 1. The zero-order valence-corrected chi connectivity index (χ0v) is 12.3. The number of hydrogen-bond donors (Lipinski definition) is 2. The first-order valence-electron chi connectivity index (χ1n) is 5.89. The second-order valence-corrected chi connectivity index (χ2v) is 4.37. The molecule has 5 nitrogen and oxygen atoms in total. The fourth-order valence-corrected chi connectivity index (χ4v) is 1.94. The van der Waals surface area contributed by atoms with Crippen molar-refractivity contribution in [2.45, 2.75) is 19.5 Å². The molecule has 0 heterocycles. The standard InChI is InChI=1S/C13H19ClN2O3/c1-8(13(17)15-2)16-7-9-5-6-10(18-3)12(19-4)11(9)14/h5-6,8,16H,7H2,1-4H3,(H,15,17). The molecule has 0 aliphatic heterocycles. The molecule has 6 heteroatoms. The number of amides is 1. The van der Waals surface area contributed by atoms with Crippen molar-refractivity contribution in [3.63, 3.8) is 0 Å². The van der Waals surface area contributed by atoms with Crippen molar-refractivity contribution in [3.05, 3.63) is 22.7 Å². The van der Waals surface area contributed by atoms with Crippen molar-refractivity contribution in [3.8, 4) is 11.5 Å². The van der Waals surface area contributed by atoms with Crippen LogP contribution >= 0.6 is 11.6 Å². The highest BCUT2D eigenvalue weighted by atomic mass is 35.5. The molecule has 0 bridgehead atoms. The molecular weight excluding hydrogens is 268 g/mol. The number of methoxy groups -OCH3 is 2. The van der Waals surface area contributed by atoms with Gasteiger partial charge in [-0.05, 0) is 18.6 Å². The van der Waals surface area contributed by atoms with Crippen molar-refractivity contribution in [2.24, 2.45) is 0 Å². The summed E-state index contributed by atoms with van der Waals surface area (Å²) < 4.78 is 10.4. The zero-order chi connectivity index (χ0) is 14.4. The van der Waals surface area contributed by atoms with E-state index in [0.717, 1.165) is 5.56 Å². The Kier molecular flexibility index (Phi) is 5.92. The van der Waals surface area contributed by atoms with Gasteiger partial charge in [0.25, 0.3) is 0 Å². The van der Waals surface area contributed by atoms with Gasteiger partial charge in [-0.3, -0.25) is 4.79 Å². The first-order valence-corrected chi connectivity index (χ1v) is 6.27. The molecule has 1 amide bonds. The Morgan fingerprint density at radius 1 is 1.37 bits per heavy atom. The van der Waals surface area contributed by atoms with Gasteiger partial charge in [0.05, 0.1) is 25.3 Å². The number of carbonyl (C=O) groups is 1. The summed E-state index contributed by atoms with van der Waals surface area (Å²) in [5.74, 6) is 1.00. The largest absolute Gasteiger partial charge is 0.493 e. The van der Waals surface area contributed by atoms with Crippen LogP contribution in [-0.2, 0) is 11.3 Å². The Morgan fingerprint density at radius 2 is 2.05 bits per heavy atom. The molecule has 0 aliphatic carbocycles. The summed E-state index contributed by atoms with van der Waals surface area (Å²) in [6.45, 7) is 2.25. The molecule has 0 spiro atoms. The van der Waals surface area contributed by atoms with Crippen LogP contribution in [0.25, 0.3) is 0 Å². The molecule has 0 saturated heterocycles. The molecule has 19 heavy (non-hydrogen) atoms. The van der Waals surface area contributed by atoms with E-state index in [2.05, 4.69) is 10.6 Å². The third-order valence-corrected chi connectivity index (χ3v) is 3.22. The molecule has 1 aromatic carbocycles. The van der Waals surface area contributed by atoms with Crippen LogP contribution in [0.15, 0.2) is 12.1 Å². The van der Waals surface area contributed by atoms with E-state index >= 15 is 0 Å². The van der Waals surface area contributed by atoms with Crippen LogP contribution in [0.3, 0.4) is 0 Å². The normalized spacial score (nSPS) is 11.8. The third-order valence-electron chi connectivity index (χ3n) is 2.80. The minimum absolute atomic E-state index is 0.0726. The van der Waals surface area contributed by atoms with Gasteiger partial charge in [0.1, 0.15) is 0 Å². The van der Waals surface area contributed by atoms with Crippen molar-refractivity contribution >= 4 is 17.5 Å². The lowest BCUT2D eigenvalue weighted by Crippen LogP contribution is -2.40. The van der Waals surface area contributed by atoms with E-state index in [1.165, 1.54) is 7.11 Å². The maximum absolute atomic E-state index is 11.4. The topological polar surface area (TPSA) is 59.6 Å². The molecule has 0 fully saturated rings. The van der Waals surface area contributed by atoms with Crippen LogP contribution in [0, 0.1) is 0 Å². The lowest BCUT2D eigenvalue weighted by Gasteiger charge is -2.15. The third kappa shape index (κ3) is 3.75. The van der Waals surface area contributed by atoms with E-state index in [1.54, 1.807) is 27.1 Å². The predicted molar refractivity (Wildman–Crippen MR) is 74.9 cm³/mol. The highest BCUT2D eigenvalue weighted by Gasteiger charge is 2.15. The number of nitrogens with one attached hydrogen (secondary N) is 2. The minimum Gasteiger partial charge on any atom is -0.493 e. The fourth-order valence-electron chi connectivity index (χ4n) is 1.64. The summed E-state index contributed by atoms with van der Waals surface area (Å²) in [6.07, 6.45) is 0. The molecule has 1 rings (SSSR count). The van der Waals surface area contributed by atoms with E-state index in [9.17, 15) is 4.79 Å². The Bertz CT molecular complexity index is 452. The maximum Gasteiger partial charge on any atom is 0.236 e. The molecule has 0 aliphatic rings. The van der Waals surface area contributed by atoms with Gasteiger partial charge in [-0.15, -0.1) is 0 Å². The van der Waals surface area contributed by atoms with E-state index in [0.29, 0.717) is 23.1 Å². The Morgan fingerprint density at radius 3 is 2.58 bits per heavy atom. The zero-order valence-electron chi connectivity index (χ0n) is 11.5. The number of benzene rings is 1. The average Bonchev–Trinajstić information content (AvgIpc) is 2.44. The smallest absolute Gasteiger partial charge is 0.236 e. The van der Waals surface area contributed by atoms with Crippen LogP contribution in [-0.4, -0.2) is 33.2 Å². The summed E-state index contributed by atoms with van der Waals surface area (Å²) in [5, 5.41) is 6.15. The maximum atomic E-state index is 11.4. The van der Waals surface area contributed by atoms with Crippen LogP contribution in [0.1, 0.15) is 12.5 Å². The van der Waals surface area contributed by atoms with Crippen LogP contribution < -0.4 is 20.1 Å². The van der Waals surface area contributed by atoms with Crippen molar-refractivity contribution in [1.82, 2.24) is 10.6 Å². The predicted octanol–water partition coefficient (Wildman–Crippen LogP) is 1.58. The Balaban J connectivity index is 2.82. The molecule has 106 valence electrons. The number of halogens is 1. The lowest BCUT2D eigenvalue weighted by molar-refractivity contribution is -0.122. The van der Waals surface area contributed by atoms with Gasteiger partial charge in [0, 0.05) is 13.6 Å². The molecule has 1 unspecified atom stereocenters. The molecule has 0 saturated carbocycles. The summed E-state index contributed by atoms with van der Waals surface area (Å²) in [5.41, 5.74) is 0.843. The Hall–Kier alpha value is -1.46. The number of carbonyl (C=O) groups excluding carboxylic acids is 1. The number of rotatable bonds is 6. The van der Waals surface area contributed by atoms with Crippen LogP contribution in [0.4, 0.5) is 0 Å². The molecule has 0 aromatic heterocycles. The SMILES string of the molecule is CNC(=O)C(C)NCc1ccc(OC)c(OC)c1Cl. The van der Waals surface area contributed by atoms with Crippen molar-refractivity contribution in [2.75, 3.05) is 21.3 Å². The van der Waals surface area contributed by atoms with Gasteiger partial charge in [0.15, 0.2) is 11.5 Å². The molecule has 1 atom stereocenters. The number of ether oxygens (including phenoxy) is 2. The van der Waals surface area contributed by atoms with Gasteiger partial charge in [-0.2, -0.15) is 0 Å².